The van der Waals surface area contributed by atoms with E-state index in [0.29, 0.717) is 22.8 Å². The fourth-order valence-corrected chi connectivity index (χ4v) is 2.01. The molecule has 0 saturated heterocycles. The van der Waals surface area contributed by atoms with Gasteiger partial charge in [0.15, 0.2) is 0 Å². The molecule has 2 rings (SSSR count). The standard InChI is InChI=1S/C15H14ClNO3/c1-10-5-3-8-14(17-10)20-9-12-11(15(16)18)6-4-7-13(12)19-2/h3-8H,9H2,1-2H3. The summed E-state index contributed by atoms with van der Waals surface area (Å²) in [4.78, 5) is 15.7. The minimum atomic E-state index is -0.542. The number of hydrogen-bond acceptors (Lipinski definition) is 4. The van der Waals surface area contributed by atoms with Crippen molar-refractivity contribution in [3.8, 4) is 11.6 Å². The van der Waals surface area contributed by atoms with Crippen LogP contribution in [-0.2, 0) is 6.61 Å². The SMILES string of the molecule is COc1cccc(C(=O)Cl)c1COc1cccc(C)n1. The van der Waals surface area contributed by atoms with Crippen molar-refractivity contribution in [2.45, 2.75) is 13.5 Å². The lowest BCUT2D eigenvalue weighted by molar-refractivity contribution is 0.107. The smallest absolute Gasteiger partial charge is 0.252 e. The van der Waals surface area contributed by atoms with Gasteiger partial charge in [-0.05, 0) is 36.7 Å². The monoisotopic (exact) mass is 291 g/mol. The van der Waals surface area contributed by atoms with Gasteiger partial charge in [0.05, 0.1) is 7.11 Å². The normalized spacial score (nSPS) is 10.2. The number of aryl methyl sites for hydroxylation is 1. The van der Waals surface area contributed by atoms with E-state index in [1.165, 1.54) is 7.11 Å². The van der Waals surface area contributed by atoms with Crippen LogP contribution in [0.3, 0.4) is 0 Å². The van der Waals surface area contributed by atoms with Crippen LogP contribution in [0.15, 0.2) is 36.4 Å². The Morgan fingerprint density at radius 3 is 2.65 bits per heavy atom. The van der Waals surface area contributed by atoms with Crippen molar-refractivity contribution in [2.75, 3.05) is 7.11 Å². The van der Waals surface area contributed by atoms with Crippen LogP contribution in [0.2, 0.25) is 0 Å². The Hall–Kier alpha value is -2.07. The van der Waals surface area contributed by atoms with Gasteiger partial charge in [-0.15, -0.1) is 0 Å². The number of rotatable bonds is 5. The third-order valence-corrected chi connectivity index (χ3v) is 3.00. The van der Waals surface area contributed by atoms with Crippen LogP contribution < -0.4 is 9.47 Å². The first-order chi connectivity index (χ1) is 9.61. The minimum Gasteiger partial charge on any atom is -0.496 e. The lowest BCUT2D eigenvalue weighted by Gasteiger charge is -2.12. The molecule has 0 amide bonds. The number of nitrogens with zero attached hydrogens (tertiary/aromatic N) is 1. The van der Waals surface area contributed by atoms with Crippen LogP contribution in [0.25, 0.3) is 0 Å². The summed E-state index contributed by atoms with van der Waals surface area (Å²) >= 11 is 5.58. The van der Waals surface area contributed by atoms with E-state index in [4.69, 9.17) is 21.1 Å². The molecule has 1 aromatic carbocycles. The topological polar surface area (TPSA) is 48.4 Å². The molecule has 0 spiro atoms. The predicted octanol–water partition coefficient (Wildman–Crippen LogP) is 3.36. The quantitative estimate of drug-likeness (QED) is 0.793. The van der Waals surface area contributed by atoms with E-state index in [2.05, 4.69) is 4.98 Å². The average Bonchev–Trinajstić information content (AvgIpc) is 2.44. The van der Waals surface area contributed by atoms with Crippen LogP contribution in [0.4, 0.5) is 0 Å². The fraction of sp³-hybridized carbons (Fsp3) is 0.200. The molecule has 0 unspecified atom stereocenters. The predicted molar refractivity (Wildman–Crippen MR) is 76.5 cm³/mol. The largest absolute Gasteiger partial charge is 0.496 e. The van der Waals surface area contributed by atoms with Crippen molar-refractivity contribution in [1.29, 1.82) is 0 Å². The van der Waals surface area contributed by atoms with E-state index in [9.17, 15) is 4.79 Å². The second kappa shape index (κ2) is 6.39. The van der Waals surface area contributed by atoms with Crippen LogP contribution in [-0.4, -0.2) is 17.3 Å². The van der Waals surface area contributed by atoms with Gasteiger partial charge in [0.2, 0.25) is 5.88 Å². The van der Waals surface area contributed by atoms with Gasteiger partial charge in [0.1, 0.15) is 12.4 Å². The highest BCUT2D eigenvalue weighted by Crippen LogP contribution is 2.25. The highest BCUT2D eigenvalue weighted by molar-refractivity contribution is 6.68. The van der Waals surface area contributed by atoms with E-state index in [1.54, 1.807) is 24.3 Å². The van der Waals surface area contributed by atoms with Gasteiger partial charge in [-0.1, -0.05) is 12.1 Å². The van der Waals surface area contributed by atoms with Gasteiger partial charge < -0.3 is 9.47 Å². The van der Waals surface area contributed by atoms with Crippen molar-refractivity contribution in [3.05, 3.63) is 53.2 Å². The second-order valence-electron chi connectivity index (χ2n) is 4.17. The summed E-state index contributed by atoms with van der Waals surface area (Å²) < 4.78 is 10.8. The number of carbonyl (C=O) groups excluding carboxylic acids is 1. The maximum absolute atomic E-state index is 11.4. The van der Waals surface area contributed by atoms with Crippen LogP contribution >= 0.6 is 11.6 Å². The molecular weight excluding hydrogens is 278 g/mol. The Morgan fingerprint density at radius 1 is 1.25 bits per heavy atom. The van der Waals surface area contributed by atoms with Crippen LogP contribution in [0, 0.1) is 6.92 Å². The molecule has 104 valence electrons. The van der Waals surface area contributed by atoms with Crippen molar-refractivity contribution >= 4 is 16.8 Å². The van der Waals surface area contributed by atoms with Crippen LogP contribution in [0.5, 0.6) is 11.6 Å². The molecule has 0 aliphatic carbocycles. The molecule has 0 atom stereocenters. The number of pyridine rings is 1. The summed E-state index contributed by atoms with van der Waals surface area (Å²) in [7, 11) is 1.53. The number of ether oxygens (including phenoxy) is 2. The van der Waals surface area contributed by atoms with Gasteiger partial charge in [-0.3, -0.25) is 4.79 Å². The Labute approximate surface area is 122 Å². The van der Waals surface area contributed by atoms with Gasteiger partial charge in [-0.2, -0.15) is 0 Å². The van der Waals surface area contributed by atoms with Gasteiger partial charge in [0, 0.05) is 22.9 Å². The highest BCUT2D eigenvalue weighted by atomic mass is 35.5. The molecule has 0 fully saturated rings. The van der Waals surface area contributed by atoms with Gasteiger partial charge in [-0.25, -0.2) is 4.98 Å². The van der Waals surface area contributed by atoms with E-state index < -0.39 is 5.24 Å². The number of halogens is 1. The molecule has 1 aromatic heterocycles. The summed E-state index contributed by atoms with van der Waals surface area (Å²) in [5.41, 5.74) is 1.84. The van der Waals surface area contributed by atoms with Crippen LogP contribution in [0.1, 0.15) is 21.6 Å². The lowest BCUT2D eigenvalue weighted by atomic mass is 10.1. The third-order valence-electron chi connectivity index (χ3n) is 2.79. The molecule has 0 aliphatic heterocycles. The van der Waals surface area contributed by atoms with Crippen molar-refractivity contribution < 1.29 is 14.3 Å². The Kier molecular flexibility index (Phi) is 4.58. The first-order valence-electron chi connectivity index (χ1n) is 6.04. The van der Waals surface area contributed by atoms with Crippen molar-refractivity contribution in [2.24, 2.45) is 0 Å². The van der Waals surface area contributed by atoms with E-state index in [1.807, 2.05) is 19.1 Å². The molecule has 0 saturated carbocycles. The first-order valence-corrected chi connectivity index (χ1v) is 6.42. The zero-order chi connectivity index (χ0) is 14.5. The summed E-state index contributed by atoms with van der Waals surface area (Å²) in [6.07, 6.45) is 0. The van der Waals surface area contributed by atoms with Crippen molar-refractivity contribution in [3.63, 3.8) is 0 Å². The maximum atomic E-state index is 11.4. The molecule has 20 heavy (non-hydrogen) atoms. The molecular formula is C15H14ClNO3. The van der Waals surface area contributed by atoms with Gasteiger partial charge in [0.25, 0.3) is 5.24 Å². The zero-order valence-corrected chi connectivity index (χ0v) is 12.0. The van der Waals surface area contributed by atoms with Gasteiger partial charge >= 0.3 is 0 Å². The highest BCUT2D eigenvalue weighted by Gasteiger charge is 2.14. The van der Waals surface area contributed by atoms with E-state index >= 15 is 0 Å². The number of aromatic nitrogens is 1. The van der Waals surface area contributed by atoms with E-state index in [0.717, 1.165) is 5.69 Å². The molecule has 0 aliphatic rings. The number of hydrogen-bond donors (Lipinski definition) is 0. The summed E-state index contributed by atoms with van der Waals surface area (Å²) in [5, 5.41) is -0.542. The molecule has 0 radical (unpaired) electrons. The molecule has 4 nitrogen and oxygen atoms in total. The summed E-state index contributed by atoms with van der Waals surface area (Å²) in [6.45, 7) is 2.04. The number of methoxy groups -OCH3 is 1. The molecule has 5 heteroatoms. The first kappa shape index (κ1) is 14.3. The third kappa shape index (κ3) is 3.27. The Morgan fingerprint density at radius 2 is 2.00 bits per heavy atom. The molecule has 2 aromatic rings. The maximum Gasteiger partial charge on any atom is 0.252 e. The number of benzene rings is 1. The Bertz CT molecular complexity index is 628. The minimum absolute atomic E-state index is 0.161. The molecule has 0 bridgehead atoms. The molecule has 1 heterocycles. The average molecular weight is 292 g/mol. The van der Waals surface area contributed by atoms with Crippen molar-refractivity contribution in [1.82, 2.24) is 4.98 Å². The number of carbonyl (C=O) groups is 1. The fourth-order valence-electron chi connectivity index (χ4n) is 1.83. The second-order valence-corrected chi connectivity index (χ2v) is 4.51. The zero-order valence-electron chi connectivity index (χ0n) is 11.2. The summed E-state index contributed by atoms with van der Waals surface area (Å²) in [5.74, 6) is 1.05. The van der Waals surface area contributed by atoms with E-state index in [-0.39, 0.29) is 6.61 Å². The Balaban J connectivity index is 2.26. The molecule has 0 N–H and O–H groups in total. The summed E-state index contributed by atoms with van der Waals surface area (Å²) in [6, 6.07) is 10.6. The lowest BCUT2D eigenvalue weighted by Crippen LogP contribution is -2.06.